The lowest BCUT2D eigenvalue weighted by atomic mass is 10.1. The van der Waals surface area contributed by atoms with Crippen LogP contribution in [0.25, 0.3) is 0 Å². The number of carbonyl (C=O) groups excluding carboxylic acids is 1. The van der Waals surface area contributed by atoms with Crippen molar-refractivity contribution in [1.29, 1.82) is 0 Å². The lowest BCUT2D eigenvalue weighted by Crippen LogP contribution is -2.39. The lowest BCUT2D eigenvalue weighted by molar-refractivity contribution is -0.121. The largest absolute Gasteiger partial charge is 0.492 e. The second kappa shape index (κ2) is 9.36. The van der Waals surface area contributed by atoms with Gasteiger partial charge in [-0.3, -0.25) is 4.79 Å². The number of rotatable bonds is 8. The maximum Gasteiger partial charge on any atom is 0.243 e. The van der Waals surface area contributed by atoms with Crippen molar-refractivity contribution in [2.45, 2.75) is 24.8 Å². The van der Waals surface area contributed by atoms with Crippen molar-refractivity contribution < 1.29 is 22.3 Å². The van der Waals surface area contributed by atoms with E-state index in [1.54, 1.807) is 26.0 Å². The van der Waals surface area contributed by atoms with Gasteiger partial charge in [-0.25, -0.2) is 12.8 Å². The Hall–Kier alpha value is -2.16. The van der Waals surface area contributed by atoms with Crippen LogP contribution in [0.1, 0.15) is 25.5 Å². The molecule has 0 heterocycles. The van der Waals surface area contributed by atoms with Crippen LogP contribution < -0.4 is 10.1 Å². The fraction of sp³-hybridized carbons (Fsp3) is 0.316. The van der Waals surface area contributed by atoms with Crippen LogP contribution in [-0.2, 0) is 14.8 Å². The van der Waals surface area contributed by atoms with E-state index in [4.69, 9.17) is 16.3 Å². The summed E-state index contributed by atoms with van der Waals surface area (Å²) in [4.78, 5) is 12.2. The average molecular weight is 429 g/mol. The number of ether oxygens (including phenoxy) is 1. The molecule has 152 valence electrons. The Morgan fingerprint density at radius 1 is 1.25 bits per heavy atom. The van der Waals surface area contributed by atoms with Crippen molar-refractivity contribution >= 4 is 27.5 Å². The molecule has 0 aliphatic heterocycles. The number of nitrogens with zero attached hydrogens (tertiary/aromatic N) is 1. The molecule has 1 amide bonds. The van der Waals surface area contributed by atoms with E-state index in [1.807, 2.05) is 0 Å². The van der Waals surface area contributed by atoms with Gasteiger partial charge in [-0.15, -0.1) is 0 Å². The van der Waals surface area contributed by atoms with E-state index in [1.165, 1.54) is 37.4 Å². The summed E-state index contributed by atoms with van der Waals surface area (Å²) in [5.74, 6) is -0.473. The van der Waals surface area contributed by atoms with Crippen LogP contribution in [0.3, 0.4) is 0 Å². The fourth-order valence-corrected chi connectivity index (χ4v) is 3.96. The number of sulfonamides is 1. The van der Waals surface area contributed by atoms with Crippen LogP contribution in [-0.4, -0.2) is 38.8 Å². The fourth-order valence-electron chi connectivity index (χ4n) is 2.50. The van der Waals surface area contributed by atoms with Gasteiger partial charge in [0, 0.05) is 7.05 Å². The SMILES string of the molecule is CCOc1ccc(S(=O)(=O)N(C)CC(=O)N[C@@H](C)c2ccc(F)cc2)cc1Cl. The Bertz CT molecular complexity index is 935. The molecule has 0 fully saturated rings. The number of amides is 1. The van der Waals surface area contributed by atoms with Crippen molar-refractivity contribution in [1.82, 2.24) is 9.62 Å². The Kier molecular flexibility index (Phi) is 7.40. The van der Waals surface area contributed by atoms with E-state index < -0.39 is 22.0 Å². The molecule has 0 aliphatic rings. The smallest absolute Gasteiger partial charge is 0.243 e. The Balaban J connectivity index is 2.05. The molecule has 0 saturated carbocycles. The minimum absolute atomic E-state index is 0.0390. The van der Waals surface area contributed by atoms with Crippen molar-refractivity contribution in [2.75, 3.05) is 20.2 Å². The summed E-state index contributed by atoms with van der Waals surface area (Å²) in [6.07, 6.45) is 0. The molecule has 6 nitrogen and oxygen atoms in total. The van der Waals surface area contributed by atoms with Crippen molar-refractivity contribution in [2.24, 2.45) is 0 Å². The van der Waals surface area contributed by atoms with Crippen molar-refractivity contribution in [3.8, 4) is 5.75 Å². The first-order valence-electron chi connectivity index (χ1n) is 8.58. The van der Waals surface area contributed by atoms with E-state index in [0.29, 0.717) is 17.9 Å². The highest BCUT2D eigenvalue weighted by molar-refractivity contribution is 7.89. The number of likely N-dealkylation sites (N-methyl/N-ethyl adjacent to an activating group) is 1. The molecule has 0 radical (unpaired) electrons. The second-order valence-corrected chi connectivity index (χ2v) is 8.58. The molecule has 2 aromatic carbocycles. The summed E-state index contributed by atoms with van der Waals surface area (Å²) in [6.45, 7) is 3.54. The monoisotopic (exact) mass is 428 g/mol. The molecule has 9 heteroatoms. The minimum Gasteiger partial charge on any atom is -0.492 e. The van der Waals surface area contributed by atoms with Gasteiger partial charge in [0.2, 0.25) is 15.9 Å². The Morgan fingerprint density at radius 3 is 2.46 bits per heavy atom. The lowest BCUT2D eigenvalue weighted by Gasteiger charge is -2.20. The van der Waals surface area contributed by atoms with Gasteiger partial charge in [-0.05, 0) is 49.7 Å². The molecular formula is C19H22ClFN2O4S. The third-order valence-electron chi connectivity index (χ3n) is 4.03. The molecule has 0 saturated heterocycles. The molecular weight excluding hydrogens is 407 g/mol. The Labute approximate surface area is 169 Å². The van der Waals surface area contributed by atoms with Crippen LogP contribution in [0.4, 0.5) is 4.39 Å². The average Bonchev–Trinajstić information content (AvgIpc) is 2.63. The molecule has 1 atom stereocenters. The zero-order valence-corrected chi connectivity index (χ0v) is 17.3. The molecule has 0 aliphatic carbocycles. The first-order chi connectivity index (χ1) is 13.1. The molecule has 0 unspecified atom stereocenters. The summed E-state index contributed by atoms with van der Waals surface area (Å²) >= 11 is 6.06. The number of carbonyl (C=O) groups is 1. The van der Waals surface area contributed by atoms with Gasteiger partial charge in [0.15, 0.2) is 0 Å². The maximum absolute atomic E-state index is 13.0. The first-order valence-corrected chi connectivity index (χ1v) is 10.4. The topological polar surface area (TPSA) is 75.7 Å². The van der Waals surface area contributed by atoms with E-state index in [2.05, 4.69) is 5.32 Å². The highest BCUT2D eigenvalue weighted by atomic mass is 35.5. The molecule has 0 spiro atoms. The minimum atomic E-state index is -3.91. The van der Waals surface area contributed by atoms with Crippen LogP contribution in [0.15, 0.2) is 47.4 Å². The number of hydrogen-bond acceptors (Lipinski definition) is 4. The number of nitrogens with one attached hydrogen (secondary N) is 1. The second-order valence-electron chi connectivity index (χ2n) is 6.13. The van der Waals surface area contributed by atoms with Gasteiger partial charge in [-0.1, -0.05) is 23.7 Å². The molecule has 2 rings (SSSR count). The first kappa shape index (κ1) is 22.1. The standard InChI is InChI=1S/C19H22ClFN2O4S/c1-4-27-18-10-9-16(11-17(18)20)28(25,26)23(3)12-19(24)22-13(2)14-5-7-15(21)8-6-14/h5-11,13H,4,12H2,1-3H3,(H,22,24)/t13-/m0/s1. The number of halogens is 2. The van der Waals surface area contributed by atoms with Crippen LogP contribution in [0.5, 0.6) is 5.75 Å². The predicted octanol–water partition coefficient (Wildman–Crippen LogP) is 3.38. The quantitative estimate of drug-likeness (QED) is 0.699. The Morgan fingerprint density at radius 2 is 1.89 bits per heavy atom. The van der Waals surface area contributed by atoms with Crippen LogP contribution in [0.2, 0.25) is 5.02 Å². The van der Waals surface area contributed by atoms with E-state index in [9.17, 15) is 17.6 Å². The molecule has 28 heavy (non-hydrogen) atoms. The maximum atomic E-state index is 13.0. The third kappa shape index (κ3) is 5.43. The molecule has 1 N–H and O–H groups in total. The van der Waals surface area contributed by atoms with Gasteiger partial charge < -0.3 is 10.1 Å². The summed E-state index contributed by atoms with van der Waals surface area (Å²) in [5.41, 5.74) is 0.707. The van der Waals surface area contributed by atoms with Gasteiger partial charge in [0.25, 0.3) is 0 Å². The molecule has 0 bridgehead atoms. The van der Waals surface area contributed by atoms with Gasteiger partial charge in [0.1, 0.15) is 11.6 Å². The summed E-state index contributed by atoms with van der Waals surface area (Å²) < 4.78 is 44.6. The van der Waals surface area contributed by atoms with E-state index in [0.717, 1.165) is 4.31 Å². The molecule has 2 aromatic rings. The van der Waals surface area contributed by atoms with Gasteiger partial charge in [-0.2, -0.15) is 4.31 Å². The summed E-state index contributed by atoms with van der Waals surface area (Å²) in [5, 5.41) is 2.87. The number of benzene rings is 2. The summed E-state index contributed by atoms with van der Waals surface area (Å²) in [6, 6.07) is 9.45. The molecule has 0 aromatic heterocycles. The van der Waals surface area contributed by atoms with E-state index >= 15 is 0 Å². The summed E-state index contributed by atoms with van der Waals surface area (Å²) in [7, 11) is -2.60. The zero-order valence-electron chi connectivity index (χ0n) is 15.8. The predicted molar refractivity (Wildman–Crippen MR) is 105 cm³/mol. The van der Waals surface area contributed by atoms with Crippen LogP contribution in [0, 0.1) is 5.82 Å². The highest BCUT2D eigenvalue weighted by Crippen LogP contribution is 2.28. The van der Waals surface area contributed by atoms with Gasteiger partial charge in [0.05, 0.1) is 29.1 Å². The normalized spacial score (nSPS) is 12.6. The van der Waals surface area contributed by atoms with Crippen LogP contribution >= 0.6 is 11.6 Å². The van der Waals surface area contributed by atoms with Gasteiger partial charge >= 0.3 is 0 Å². The third-order valence-corrected chi connectivity index (χ3v) is 6.12. The highest BCUT2D eigenvalue weighted by Gasteiger charge is 2.24. The van der Waals surface area contributed by atoms with Crippen molar-refractivity contribution in [3.63, 3.8) is 0 Å². The van der Waals surface area contributed by atoms with Crippen molar-refractivity contribution in [3.05, 3.63) is 58.9 Å². The number of hydrogen-bond donors (Lipinski definition) is 1. The van der Waals surface area contributed by atoms with E-state index in [-0.39, 0.29) is 22.3 Å². The zero-order chi connectivity index (χ0) is 20.9.